The third-order valence-electron chi connectivity index (χ3n) is 5.03. The number of carbonyl (C=O) groups is 2. The molecule has 1 fully saturated rings. The predicted octanol–water partition coefficient (Wildman–Crippen LogP) is 3.96. The zero-order valence-electron chi connectivity index (χ0n) is 16.2. The summed E-state index contributed by atoms with van der Waals surface area (Å²) in [7, 11) is 0. The summed E-state index contributed by atoms with van der Waals surface area (Å²) in [6.45, 7) is 0. The van der Waals surface area contributed by atoms with Gasteiger partial charge in [-0.05, 0) is 65.7 Å². The molecule has 3 aromatic rings. The van der Waals surface area contributed by atoms with Crippen LogP contribution in [0.2, 0.25) is 0 Å². The first kappa shape index (κ1) is 20.3. The van der Waals surface area contributed by atoms with Crippen LogP contribution >= 0.6 is 0 Å². The van der Waals surface area contributed by atoms with Gasteiger partial charge in [0.2, 0.25) is 5.91 Å². The van der Waals surface area contributed by atoms with E-state index in [1.165, 1.54) is 77.7 Å². The molecule has 31 heavy (non-hydrogen) atoms. The van der Waals surface area contributed by atoms with Crippen molar-refractivity contribution in [1.29, 1.82) is 0 Å². The maximum absolute atomic E-state index is 13.3. The van der Waals surface area contributed by atoms with Crippen molar-refractivity contribution >= 4 is 23.6 Å². The lowest BCUT2D eigenvalue weighted by Crippen LogP contribution is -2.65. The number of nitrogens with one attached hydrogen (secondary N) is 1. The lowest BCUT2D eigenvalue weighted by Gasteiger charge is -2.47. The molecule has 0 radical (unpaired) electrons. The van der Waals surface area contributed by atoms with E-state index in [2.05, 4.69) is 5.32 Å². The highest BCUT2D eigenvalue weighted by molar-refractivity contribution is 6.08. The van der Waals surface area contributed by atoms with Crippen molar-refractivity contribution in [2.24, 2.45) is 0 Å². The number of hydrogen-bond donors (Lipinski definition) is 2. The molecule has 5 nitrogen and oxygen atoms in total. The number of halogens is 2. The maximum Gasteiger partial charge on any atom is 0.252 e. The molecule has 7 heteroatoms. The van der Waals surface area contributed by atoms with E-state index in [1.807, 2.05) is 0 Å². The van der Waals surface area contributed by atoms with E-state index in [4.69, 9.17) is 0 Å². The minimum Gasteiger partial charge on any atom is -0.508 e. The zero-order chi connectivity index (χ0) is 22.0. The molecule has 1 heterocycles. The number of amides is 2. The fourth-order valence-electron chi connectivity index (χ4n) is 3.48. The third-order valence-corrected chi connectivity index (χ3v) is 5.03. The second-order valence-electron chi connectivity index (χ2n) is 7.09. The van der Waals surface area contributed by atoms with Crippen LogP contribution in [-0.2, 0) is 9.59 Å². The summed E-state index contributed by atoms with van der Waals surface area (Å²) < 4.78 is 26.3. The van der Waals surface area contributed by atoms with Crippen LogP contribution in [0.15, 0.2) is 78.9 Å². The van der Waals surface area contributed by atoms with Crippen LogP contribution in [0.4, 0.5) is 14.5 Å². The third kappa shape index (κ3) is 4.30. The molecule has 156 valence electrons. The van der Waals surface area contributed by atoms with Gasteiger partial charge in [-0.25, -0.2) is 8.78 Å². The number of phenols is 1. The minimum absolute atomic E-state index is 0.0746. The average Bonchev–Trinajstić information content (AvgIpc) is 2.77. The summed E-state index contributed by atoms with van der Waals surface area (Å²) in [4.78, 5) is 26.7. The van der Waals surface area contributed by atoms with Gasteiger partial charge >= 0.3 is 0 Å². The zero-order valence-corrected chi connectivity index (χ0v) is 16.2. The smallest absolute Gasteiger partial charge is 0.252 e. The number of phenolic OH excluding ortho intramolecular Hbond substituents is 1. The van der Waals surface area contributed by atoms with Gasteiger partial charge in [0.05, 0.1) is 6.04 Å². The summed E-state index contributed by atoms with van der Waals surface area (Å²) in [5, 5.41) is 12.3. The fourth-order valence-corrected chi connectivity index (χ4v) is 3.48. The summed E-state index contributed by atoms with van der Waals surface area (Å²) in [5.74, 6) is -1.54. The SMILES string of the molecule is O=C(C=Cc1ccc(F)cc1)N[C@H]1C(=O)N(c2ccc(F)cc2)[C@@H]1c1ccc(O)cc1. The Morgan fingerprint density at radius 3 is 2.10 bits per heavy atom. The van der Waals surface area contributed by atoms with Crippen molar-refractivity contribution in [3.63, 3.8) is 0 Å². The van der Waals surface area contributed by atoms with Gasteiger partial charge < -0.3 is 15.3 Å². The molecule has 0 aliphatic carbocycles. The van der Waals surface area contributed by atoms with Crippen molar-refractivity contribution in [2.45, 2.75) is 12.1 Å². The number of anilines is 1. The van der Waals surface area contributed by atoms with Crippen molar-refractivity contribution in [2.75, 3.05) is 4.90 Å². The lowest BCUT2D eigenvalue weighted by atomic mass is 9.87. The van der Waals surface area contributed by atoms with Crippen LogP contribution < -0.4 is 10.2 Å². The van der Waals surface area contributed by atoms with Crippen molar-refractivity contribution in [3.8, 4) is 5.75 Å². The normalized spacial score (nSPS) is 18.1. The Bertz CT molecular complexity index is 1130. The molecule has 2 atom stereocenters. The first-order valence-electron chi connectivity index (χ1n) is 9.54. The lowest BCUT2D eigenvalue weighted by molar-refractivity contribution is -0.131. The molecule has 0 saturated carbocycles. The predicted molar refractivity (Wildman–Crippen MR) is 112 cm³/mol. The Hall–Kier alpha value is -4.00. The molecule has 0 unspecified atom stereocenters. The number of hydrogen-bond acceptors (Lipinski definition) is 3. The summed E-state index contributed by atoms with van der Waals surface area (Å²) in [5.41, 5.74) is 1.84. The maximum atomic E-state index is 13.3. The molecule has 2 amide bonds. The molecule has 1 aliphatic heterocycles. The first-order valence-corrected chi connectivity index (χ1v) is 9.54. The van der Waals surface area contributed by atoms with Crippen LogP contribution in [0.5, 0.6) is 5.75 Å². The summed E-state index contributed by atoms with van der Waals surface area (Å²) in [6.07, 6.45) is 2.79. The molecule has 0 bridgehead atoms. The van der Waals surface area contributed by atoms with Gasteiger partial charge in [-0.1, -0.05) is 24.3 Å². The standard InChI is InChI=1S/C24H18F2N2O3/c25-17-6-1-15(2-7-17)3-14-21(30)27-22-23(16-4-12-20(29)13-5-16)28(24(22)31)19-10-8-18(26)9-11-19/h1-14,22-23,29H,(H,27,30)/t22-,23-/m1/s1. The van der Waals surface area contributed by atoms with Crippen molar-refractivity contribution in [1.82, 2.24) is 5.32 Å². The molecule has 1 aliphatic rings. The molecule has 3 aromatic carbocycles. The Balaban J connectivity index is 1.55. The van der Waals surface area contributed by atoms with Crippen LogP contribution in [-0.4, -0.2) is 23.0 Å². The number of aromatic hydroxyl groups is 1. The van der Waals surface area contributed by atoms with Gasteiger partial charge in [0.1, 0.15) is 23.4 Å². The van der Waals surface area contributed by atoms with Gasteiger partial charge in [0, 0.05) is 11.8 Å². The van der Waals surface area contributed by atoms with Gasteiger partial charge in [-0.15, -0.1) is 0 Å². The number of nitrogens with zero attached hydrogens (tertiary/aromatic N) is 1. The van der Waals surface area contributed by atoms with Gasteiger partial charge in [0.15, 0.2) is 0 Å². The van der Waals surface area contributed by atoms with Gasteiger partial charge in [-0.2, -0.15) is 0 Å². The highest BCUT2D eigenvalue weighted by Gasteiger charge is 2.49. The summed E-state index contributed by atoms with van der Waals surface area (Å²) in [6, 6.07) is 16.1. The monoisotopic (exact) mass is 420 g/mol. The van der Waals surface area contributed by atoms with E-state index >= 15 is 0 Å². The fraction of sp³-hybridized carbons (Fsp3) is 0.0833. The van der Waals surface area contributed by atoms with E-state index in [1.54, 1.807) is 12.1 Å². The number of β-lactam (4-membered cyclic amide) rings is 1. The van der Waals surface area contributed by atoms with E-state index in [-0.39, 0.29) is 17.5 Å². The van der Waals surface area contributed by atoms with Gasteiger partial charge in [-0.3, -0.25) is 9.59 Å². The molecule has 2 N–H and O–H groups in total. The Labute approximate surface area is 177 Å². The molecule has 0 spiro atoms. The second kappa shape index (κ2) is 8.39. The molecule has 1 saturated heterocycles. The minimum atomic E-state index is -0.833. The Kier molecular flexibility index (Phi) is 5.49. The van der Waals surface area contributed by atoms with Crippen LogP contribution in [0.1, 0.15) is 17.2 Å². The van der Waals surface area contributed by atoms with Crippen LogP contribution in [0.25, 0.3) is 6.08 Å². The topological polar surface area (TPSA) is 69.6 Å². The molecular formula is C24H18F2N2O3. The summed E-state index contributed by atoms with van der Waals surface area (Å²) >= 11 is 0. The Morgan fingerprint density at radius 1 is 0.903 bits per heavy atom. The van der Waals surface area contributed by atoms with E-state index in [0.29, 0.717) is 16.8 Å². The molecule has 0 aromatic heterocycles. The highest BCUT2D eigenvalue weighted by Crippen LogP contribution is 2.39. The largest absolute Gasteiger partial charge is 0.508 e. The second-order valence-corrected chi connectivity index (χ2v) is 7.09. The quantitative estimate of drug-likeness (QED) is 0.485. The van der Waals surface area contributed by atoms with Crippen LogP contribution in [0.3, 0.4) is 0 Å². The number of benzene rings is 3. The average molecular weight is 420 g/mol. The van der Waals surface area contributed by atoms with E-state index in [9.17, 15) is 23.5 Å². The Morgan fingerprint density at radius 2 is 1.48 bits per heavy atom. The van der Waals surface area contributed by atoms with Crippen LogP contribution in [0, 0.1) is 11.6 Å². The van der Waals surface area contributed by atoms with Crippen molar-refractivity contribution < 1.29 is 23.5 Å². The number of rotatable bonds is 5. The van der Waals surface area contributed by atoms with E-state index < -0.39 is 23.8 Å². The van der Waals surface area contributed by atoms with Crippen molar-refractivity contribution in [3.05, 3.63) is 102 Å². The van der Waals surface area contributed by atoms with E-state index in [0.717, 1.165) is 0 Å². The number of carbonyl (C=O) groups excluding carboxylic acids is 2. The molecule has 4 rings (SSSR count). The first-order chi connectivity index (χ1) is 14.9. The highest BCUT2D eigenvalue weighted by atomic mass is 19.1. The van der Waals surface area contributed by atoms with Gasteiger partial charge in [0.25, 0.3) is 5.91 Å². The molecular weight excluding hydrogens is 402 g/mol.